The Labute approximate surface area is 87.8 Å². The molecule has 0 aliphatic carbocycles. The summed E-state index contributed by atoms with van der Waals surface area (Å²) in [4.78, 5) is 15.4. The Balaban J connectivity index is 2.17. The number of nitrogens with zero attached hydrogens (tertiary/aromatic N) is 1. The number of aromatic nitrogens is 1. The van der Waals surface area contributed by atoms with Crippen LogP contribution in [-0.2, 0) is 4.74 Å². The zero-order valence-electron chi connectivity index (χ0n) is 8.66. The van der Waals surface area contributed by atoms with Crippen molar-refractivity contribution in [2.24, 2.45) is 0 Å². The van der Waals surface area contributed by atoms with Crippen molar-refractivity contribution < 1.29 is 13.9 Å². The minimum atomic E-state index is -0.395. The summed E-state index contributed by atoms with van der Waals surface area (Å²) in [5, 5.41) is 3.22. The Bertz CT molecular complexity index is 342. The fourth-order valence-corrected chi connectivity index (χ4v) is 1.78. The normalized spacial score (nSPS) is 20.5. The summed E-state index contributed by atoms with van der Waals surface area (Å²) >= 11 is 0. The van der Waals surface area contributed by atoms with Gasteiger partial charge in [0.1, 0.15) is 5.76 Å². The van der Waals surface area contributed by atoms with E-state index in [0.717, 1.165) is 19.5 Å². The summed E-state index contributed by atoms with van der Waals surface area (Å²) in [7, 11) is 0. The molecule has 2 rings (SSSR count). The van der Waals surface area contributed by atoms with E-state index < -0.39 is 5.97 Å². The second-order valence-electron chi connectivity index (χ2n) is 3.48. The molecule has 1 N–H and O–H groups in total. The van der Waals surface area contributed by atoms with Crippen molar-refractivity contribution in [3.8, 4) is 0 Å². The molecule has 0 spiro atoms. The molecule has 1 saturated heterocycles. The van der Waals surface area contributed by atoms with E-state index in [2.05, 4.69) is 10.3 Å². The highest BCUT2D eigenvalue weighted by Crippen LogP contribution is 2.25. The average Bonchev–Trinajstić information content (AvgIpc) is 2.88. The Kier molecular flexibility index (Phi) is 3.01. The first-order valence-corrected chi connectivity index (χ1v) is 5.14. The highest BCUT2D eigenvalue weighted by molar-refractivity contribution is 5.88. The van der Waals surface area contributed by atoms with Gasteiger partial charge >= 0.3 is 5.97 Å². The van der Waals surface area contributed by atoms with E-state index in [4.69, 9.17) is 9.15 Å². The van der Waals surface area contributed by atoms with Crippen LogP contribution in [0.15, 0.2) is 10.8 Å². The minimum absolute atomic E-state index is 0.243. The van der Waals surface area contributed by atoms with Crippen LogP contribution in [0.4, 0.5) is 0 Å². The number of nitrogens with one attached hydrogen (secondary N) is 1. The molecule has 0 amide bonds. The second kappa shape index (κ2) is 4.44. The van der Waals surface area contributed by atoms with Gasteiger partial charge in [0.25, 0.3) is 0 Å². The molecule has 82 valence electrons. The van der Waals surface area contributed by atoms with E-state index in [1.54, 1.807) is 6.92 Å². The first-order chi connectivity index (χ1) is 7.33. The van der Waals surface area contributed by atoms with E-state index in [0.29, 0.717) is 18.1 Å². The molecule has 5 heteroatoms. The summed E-state index contributed by atoms with van der Waals surface area (Å²) in [5.41, 5.74) is 0.325. The van der Waals surface area contributed by atoms with Crippen LogP contribution in [0.25, 0.3) is 0 Å². The van der Waals surface area contributed by atoms with E-state index >= 15 is 0 Å². The number of rotatable bonds is 3. The summed E-state index contributed by atoms with van der Waals surface area (Å²) in [5.74, 6) is 0.499. The topological polar surface area (TPSA) is 64.4 Å². The zero-order chi connectivity index (χ0) is 10.7. The highest BCUT2D eigenvalue weighted by atomic mass is 16.5. The SMILES string of the molecule is CCOC(=O)c1ncoc1C1CCNC1. The monoisotopic (exact) mass is 210 g/mol. The van der Waals surface area contributed by atoms with Crippen LogP contribution in [0.1, 0.15) is 35.5 Å². The maximum Gasteiger partial charge on any atom is 0.360 e. The van der Waals surface area contributed by atoms with E-state index in [1.165, 1.54) is 6.39 Å². The molecule has 0 radical (unpaired) electrons. The van der Waals surface area contributed by atoms with Crippen molar-refractivity contribution in [1.82, 2.24) is 10.3 Å². The molecular formula is C10H14N2O3. The van der Waals surface area contributed by atoms with Gasteiger partial charge in [0.15, 0.2) is 12.1 Å². The number of hydrogen-bond acceptors (Lipinski definition) is 5. The van der Waals surface area contributed by atoms with Crippen LogP contribution in [-0.4, -0.2) is 30.6 Å². The van der Waals surface area contributed by atoms with Crippen LogP contribution in [0.5, 0.6) is 0 Å². The molecule has 1 aromatic rings. The molecular weight excluding hydrogens is 196 g/mol. The van der Waals surface area contributed by atoms with E-state index in [9.17, 15) is 4.79 Å². The van der Waals surface area contributed by atoms with Gasteiger partial charge in [0, 0.05) is 12.5 Å². The van der Waals surface area contributed by atoms with Gasteiger partial charge in [-0.1, -0.05) is 0 Å². The molecule has 5 nitrogen and oxygen atoms in total. The van der Waals surface area contributed by atoms with Gasteiger partial charge in [-0.25, -0.2) is 9.78 Å². The number of hydrogen-bond donors (Lipinski definition) is 1. The van der Waals surface area contributed by atoms with Crippen LogP contribution in [0.2, 0.25) is 0 Å². The number of ether oxygens (including phenoxy) is 1. The van der Waals surface area contributed by atoms with Crippen molar-refractivity contribution in [1.29, 1.82) is 0 Å². The summed E-state index contributed by atoms with van der Waals surface area (Å²) in [6.45, 7) is 3.91. The maximum absolute atomic E-state index is 11.5. The fraction of sp³-hybridized carbons (Fsp3) is 0.600. The second-order valence-corrected chi connectivity index (χ2v) is 3.48. The van der Waals surface area contributed by atoms with Crippen molar-refractivity contribution in [2.75, 3.05) is 19.7 Å². The Morgan fingerprint density at radius 3 is 3.33 bits per heavy atom. The van der Waals surface area contributed by atoms with Crippen molar-refractivity contribution in [2.45, 2.75) is 19.3 Å². The van der Waals surface area contributed by atoms with E-state index in [1.807, 2.05) is 0 Å². The molecule has 0 aromatic carbocycles. The predicted molar refractivity (Wildman–Crippen MR) is 52.7 cm³/mol. The zero-order valence-corrected chi connectivity index (χ0v) is 8.66. The van der Waals surface area contributed by atoms with Crippen LogP contribution in [0.3, 0.4) is 0 Å². The first-order valence-electron chi connectivity index (χ1n) is 5.14. The van der Waals surface area contributed by atoms with Crippen LogP contribution < -0.4 is 5.32 Å². The summed E-state index contributed by atoms with van der Waals surface area (Å²) in [6.07, 6.45) is 2.28. The molecule has 1 aliphatic heterocycles. The minimum Gasteiger partial charge on any atom is -0.461 e. The van der Waals surface area contributed by atoms with Crippen LogP contribution in [0, 0.1) is 0 Å². The quantitative estimate of drug-likeness (QED) is 0.752. The smallest absolute Gasteiger partial charge is 0.360 e. The summed E-state index contributed by atoms with van der Waals surface area (Å²) in [6, 6.07) is 0. The van der Waals surface area contributed by atoms with Crippen molar-refractivity contribution >= 4 is 5.97 Å². The Hall–Kier alpha value is -1.36. The lowest BCUT2D eigenvalue weighted by molar-refractivity contribution is 0.0517. The molecule has 15 heavy (non-hydrogen) atoms. The van der Waals surface area contributed by atoms with Crippen molar-refractivity contribution in [3.63, 3.8) is 0 Å². The molecule has 1 fully saturated rings. The lowest BCUT2D eigenvalue weighted by atomic mass is 10.0. The lowest BCUT2D eigenvalue weighted by Crippen LogP contribution is -2.12. The number of carbonyl (C=O) groups is 1. The number of oxazole rings is 1. The van der Waals surface area contributed by atoms with Crippen LogP contribution >= 0.6 is 0 Å². The average molecular weight is 210 g/mol. The van der Waals surface area contributed by atoms with Gasteiger partial charge < -0.3 is 14.5 Å². The third kappa shape index (κ3) is 2.02. The number of carbonyl (C=O) groups excluding carboxylic acids is 1. The fourth-order valence-electron chi connectivity index (χ4n) is 1.78. The molecule has 1 atom stereocenters. The molecule has 0 bridgehead atoms. The van der Waals surface area contributed by atoms with Gasteiger partial charge in [-0.05, 0) is 19.9 Å². The first kappa shape index (κ1) is 10.2. The summed E-state index contributed by atoms with van der Waals surface area (Å²) < 4.78 is 10.2. The van der Waals surface area contributed by atoms with E-state index in [-0.39, 0.29) is 5.92 Å². The molecule has 1 unspecified atom stereocenters. The molecule has 2 heterocycles. The maximum atomic E-state index is 11.5. The molecule has 1 aromatic heterocycles. The standard InChI is InChI=1S/C10H14N2O3/c1-2-14-10(13)8-9(15-6-12-8)7-3-4-11-5-7/h6-7,11H,2-5H2,1H3. The third-order valence-electron chi connectivity index (χ3n) is 2.49. The Morgan fingerprint density at radius 1 is 1.80 bits per heavy atom. The van der Waals surface area contributed by atoms with Gasteiger partial charge in [-0.3, -0.25) is 0 Å². The van der Waals surface area contributed by atoms with Gasteiger partial charge in [-0.2, -0.15) is 0 Å². The van der Waals surface area contributed by atoms with Gasteiger partial charge in [0.2, 0.25) is 0 Å². The van der Waals surface area contributed by atoms with Gasteiger partial charge in [-0.15, -0.1) is 0 Å². The van der Waals surface area contributed by atoms with Crippen molar-refractivity contribution in [3.05, 3.63) is 17.8 Å². The highest BCUT2D eigenvalue weighted by Gasteiger charge is 2.27. The Morgan fingerprint density at radius 2 is 2.67 bits per heavy atom. The molecule has 0 saturated carbocycles. The third-order valence-corrected chi connectivity index (χ3v) is 2.49. The number of esters is 1. The lowest BCUT2D eigenvalue weighted by Gasteiger charge is -2.05. The largest absolute Gasteiger partial charge is 0.461 e. The predicted octanol–water partition coefficient (Wildman–Crippen LogP) is 0.928. The molecule has 1 aliphatic rings. The van der Waals surface area contributed by atoms with Gasteiger partial charge in [0.05, 0.1) is 6.61 Å².